The van der Waals surface area contributed by atoms with Gasteiger partial charge in [0, 0.05) is 19.1 Å². The van der Waals surface area contributed by atoms with Crippen molar-refractivity contribution in [1.82, 2.24) is 15.1 Å². The summed E-state index contributed by atoms with van der Waals surface area (Å²) in [6, 6.07) is 8.77. The molecule has 1 heterocycles. The number of benzene rings is 1. The number of nitrogens with one attached hydrogen (secondary N) is 1. The van der Waals surface area contributed by atoms with Gasteiger partial charge in [-0.1, -0.05) is 36.8 Å². The summed E-state index contributed by atoms with van der Waals surface area (Å²) in [6.07, 6.45) is 1.16. The first-order chi connectivity index (χ1) is 10.1. The molecular formula is C17H27N3O. The summed E-state index contributed by atoms with van der Waals surface area (Å²) >= 11 is 0. The first-order valence-corrected chi connectivity index (χ1v) is 7.83. The Morgan fingerprint density at radius 2 is 2.29 bits per heavy atom. The Morgan fingerprint density at radius 1 is 1.48 bits per heavy atom. The quantitative estimate of drug-likeness (QED) is 0.865. The summed E-state index contributed by atoms with van der Waals surface area (Å²) in [4.78, 5) is 16.7. The lowest BCUT2D eigenvalue weighted by molar-refractivity contribution is -0.122. The molecule has 1 atom stereocenters. The third kappa shape index (κ3) is 4.83. The fraction of sp³-hybridized carbons (Fsp3) is 0.588. The van der Waals surface area contributed by atoms with Gasteiger partial charge in [-0.15, -0.1) is 0 Å². The number of hydrogen-bond donors (Lipinski definition) is 1. The highest BCUT2D eigenvalue weighted by molar-refractivity contribution is 5.78. The van der Waals surface area contributed by atoms with Crippen molar-refractivity contribution in [2.45, 2.75) is 32.9 Å². The largest absolute Gasteiger partial charge is 0.351 e. The fourth-order valence-electron chi connectivity index (χ4n) is 2.89. The Bertz CT molecular complexity index is 475. The van der Waals surface area contributed by atoms with Gasteiger partial charge in [0.1, 0.15) is 0 Å². The molecule has 4 heteroatoms. The van der Waals surface area contributed by atoms with Gasteiger partial charge in [-0.2, -0.15) is 0 Å². The molecule has 0 spiro atoms. The normalized spacial score (nSPS) is 19.1. The smallest absolute Gasteiger partial charge is 0.234 e. The van der Waals surface area contributed by atoms with E-state index in [-0.39, 0.29) is 5.91 Å². The van der Waals surface area contributed by atoms with Crippen LogP contribution in [0.3, 0.4) is 0 Å². The molecule has 1 fully saturated rings. The van der Waals surface area contributed by atoms with Crippen molar-refractivity contribution < 1.29 is 4.79 Å². The molecule has 1 aliphatic rings. The van der Waals surface area contributed by atoms with Gasteiger partial charge in [-0.05, 0) is 39.0 Å². The van der Waals surface area contributed by atoms with E-state index in [0.717, 1.165) is 31.6 Å². The summed E-state index contributed by atoms with van der Waals surface area (Å²) < 4.78 is 0. The Kier molecular flexibility index (Phi) is 5.76. The number of amides is 1. The summed E-state index contributed by atoms with van der Waals surface area (Å²) in [5.41, 5.74) is 2.38. The maximum Gasteiger partial charge on any atom is 0.234 e. The van der Waals surface area contributed by atoms with Crippen molar-refractivity contribution >= 4 is 5.91 Å². The Labute approximate surface area is 128 Å². The van der Waals surface area contributed by atoms with Crippen LogP contribution in [0.25, 0.3) is 0 Å². The van der Waals surface area contributed by atoms with Crippen LogP contribution in [0.1, 0.15) is 24.5 Å². The SMILES string of the molecule is CCN1CC[C@H](N(C)CC(=O)NCc2cccc(C)c2)C1. The van der Waals surface area contributed by atoms with Gasteiger partial charge < -0.3 is 10.2 Å². The van der Waals surface area contributed by atoms with E-state index in [0.29, 0.717) is 19.1 Å². The number of carbonyl (C=O) groups is 1. The van der Waals surface area contributed by atoms with Crippen LogP contribution >= 0.6 is 0 Å². The van der Waals surface area contributed by atoms with Gasteiger partial charge in [0.15, 0.2) is 0 Å². The number of likely N-dealkylation sites (tertiary alicyclic amines) is 1. The molecule has 21 heavy (non-hydrogen) atoms. The minimum absolute atomic E-state index is 0.106. The van der Waals surface area contributed by atoms with E-state index in [9.17, 15) is 4.79 Å². The van der Waals surface area contributed by atoms with Crippen molar-refractivity contribution in [1.29, 1.82) is 0 Å². The number of nitrogens with zero attached hydrogens (tertiary/aromatic N) is 2. The predicted molar refractivity (Wildman–Crippen MR) is 86.2 cm³/mol. The van der Waals surface area contributed by atoms with Crippen molar-refractivity contribution in [3.63, 3.8) is 0 Å². The lowest BCUT2D eigenvalue weighted by atomic mass is 10.1. The third-order valence-electron chi connectivity index (χ3n) is 4.28. The van der Waals surface area contributed by atoms with Crippen molar-refractivity contribution in [2.75, 3.05) is 33.2 Å². The van der Waals surface area contributed by atoms with E-state index >= 15 is 0 Å². The van der Waals surface area contributed by atoms with Crippen molar-refractivity contribution in [3.05, 3.63) is 35.4 Å². The molecule has 1 aliphatic heterocycles. The summed E-state index contributed by atoms with van der Waals surface area (Å²) in [5, 5.41) is 3.01. The van der Waals surface area contributed by atoms with E-state index in [1.165, 1.54) is 5.56 Å². The number of rotatable bonds is 6. The predicted octanol–water partition coefficient (Wildman–Crippen LogP) is 1.64. The zero-order valence-electron chi connectivity index (χ0n) is 13.4. The second-order valence-corrected chi connectivity index (χ2v) is 6.02. The minimum atomic E-state index is 0.106. The van der Waals surface area contributed by atoms with Crippen LogP contribution in [-0.4, -0.2) is 55.0 Å². The number of aryl methyl sites for hydroxylation is 1. The highest BCUT2D eigenvalue weighted by Crippen LogP contribution is 2.13. The van der Waals surface area contributed by atoms with Crippen molar-refractivity contribution in [2.24, 2.45) is 0 Å². The molecule has 1 saturated heterocycles. The summed E-state index contributed by atoms with van der Waals surface area (Å²) in [5.74, 6) is 0.106. The minimum Gasteiger partial charge on any atom is -0.351 e. The molecule has 2 rings (SSSR count). The highest BCUT2D eigenvalue weighted by Gasteiger charge is 2.25. The molecular weight excluding hydrogens is 262 g/mol. The van der Waals surface area contributed by atoms with Gasteiger partial charge in [0.2, 0.25) is 5.91 Å². The standard InChI is InChI=1S/C17H27N3O/c1-4-20-9-8-16(12-20)19(3)13-17(21)18-11-15-7-5-6-14(2)10-15/h5-7,10,16H,4,8-9,11-13H2,1-3H3,(H,18,21)/t16-/m0/s1. The van der Waals surface area contributed by atoms with E-state index in [1.807, 2.05) is 12.1 Å². The monoisotopic (exact) mass is 289 g/mol. The zero-order chi connectivity index (χ0) is 15.2. The van der Waals surface area contributed by atoms with Crippen LogP contribution in [0, 0.1) is 6.92 Å². The number of likely N-dealkylation sites (N-methyl/N-ethyl adjacent to an activating group) is 2. The zero-order valence-corrected chi connectivity index (χ0v) is 13.4. The molecule has 1 aromatic carbocycles. The molecule has 1 aromatic rings. The summed E-state index contributed by atoms with van der Waals surface area (Å²) in [6.45, 7) is 8.68. The molecule has 0 unspecified atom stereocenters. The van der Waals surface area contributed by atoms with Gasteiger partial charge in [-0.3, -0.25) is 9.69 Å². The average Bonchev–Trinajstić information content (AvgIpc) is 2.94. The second kappa shape index (κ2) is 7.57. The highest BCUT2D eigenvalue weighted by atomic mass is 16.2. The van der Waals surface area contributed by atoms with Crippen LogP contribution in [0.5, 0.6) is 0 Å². The molecule has 0 aliphatic carbocycles. The lowest BCUT2D eigenvalue weighted by Crippen LogP contribution is -2.41. The lowest BCUT2D eigenvalue weighted by Gasteiger charge is -2.23. The van der Waals surface area contributed by atoms with E-state index < -0.39 is 0 Å². The first-order valence-electron chi connectivity index (χ1n) is 7.83. The maximum absolute atomic E-state index is 12.1. The Balaban J connectivity index is 1.74. The van der Waals surface area contributed by atoms with Crippen LogP contribution in [0.2, 0.25) is 0 Å². The second-order valence-electron chi connectivity index (χ2n) is 6.02. The molecule has 1 N–H and O–H groups in total. The average molecular weight is 289 g/mol. The molecule has 1 amide bonds. The van der Waals surface area contributed by atoms with E-state index in [2.05, 4.69) is 48.1 Å². The van der Waals surface area contributed by atoms with Gasteiger partial charge in [-0.25, -0.2) is 0 Å². The topological polar surface area (TPSA) is 35.6 Å². The summed E-state index contributed by atoms with van der Waals surface area (Å²) in [7, 11) is 2.05. The number of carbonyl (C=O) groups excluding carboxylic acids is 1. The molecule has 0 saturated carbocycles. The van der Waals surface area contributed by atoms with E-state index in [1.54, 1.807) is 0 Å². The van der Waals surface area contributed by atoms with Crippen LogP contribution < -0.4 is 5.32 Å². The van der Waals surface area contributed by atoms with Gasteiger partial charge in [0.05, 0.1) is 6.54 Å². The van der Waals surface area contributed by atoms with E-state index in [4.69, 9.17) is 0 Å². The van der Waals surface area contributed by atoms with Gasteiger partial charge in [0.25, 0.3) is 0 Å². The number of hydrogen-bond acceptors (Lipinski definition) is 3. The molecule has 116 valence electrons. The van der Waals surface area contributed by atoms with Crippen molar-refractivity contribution in [3.8, 4) is 0 Å². The van der Waals surface area contributed by atoms with Crippen LogP contribution in [0.4, 0.5) is 0 Å². The van der Waals surface area contributed by atoms with Crippen LogP contribution in [0.15, 0.2) is 24.3 Å². The molecule has 4 nitrogen and oxygen atoms in total. The first kappa shape index (κ1) is 16.0. The maximum atomic E-state index is 12.1. The Morgan fingerprint density at radius 3 is 2.95 bits per heavy atom. The fourth-order valence-corrected chi connectivity index (χ4v) is 2.89. The molecule has 0 radical (unpaired) electrons. The molecule has 0 bridgehead atoms. The third-order valence-corrected chi connectivity index (χ3v) is 4.28. The Hall–Kier alpha value is -1.39. The van der Waals surface area contributed by atoms with Crippen LogP contribution in [-0.2, 0) is 11.3 Å². The van der Waals surface area contributed by atoms with Gasteiger partial charge >= 0.3 is 0 Å². The molecule has 0 aromatic heterocycles.